The van der Waals surface area contributed by atoms with Crippen LogP contribution in [-0.4, -0.2) is 27.9 Å². The third kappa shape index (κ3) is 3.57. The smallest absolute Gasteiger partial charge is 0.336 e. The van der Waals surface area contributed by atoms with Gasteiger partial charge in [-0.3, -0.25) is 0 Å². The van der Waals surface area contributed by atoms with Crippen molar-refractivity contribution in [2.75, 3.05) is 6.61 Å². The lowest BCUT2D eigenvalue weighted by molar-refractivity contribution is 0.0694. The van der Waals surface area contributed by atoms with Gasteiger partial charge in [0, 0.05) is 18.2 Å². The highest BCUT2D eigenvalue weighted by molar-refractivity contribution is 9.10. The maximum absolute atomic E-state index is 10.9. The van der Waals surface area contributed by atoms with Crippen LogP contribution < -0.4 is 5.73 Å². The highest BCUT2D eigenvalue weighted by Crippen LogP contribution is 2.34. The average molecular weight is 327 g/mol. The van der Waals surface area contributed by atoms with Crippen LogP contribution in [0.15, 0.2) is 16.6 Å². The molecule has 0 radical (unpaired) electrons. The van der Waals surface area contributed by atoms with Crippen LogP contribution in [0, 0.1) is 0 Å². The van der Waals surface area contributed by atoms with E-state index in [4.69, 9.17) is 15.9 Å². The van der Waals surface area contributed by atoms with Crippen molar-refractivity contribution < 1.29 is 20.1 Å². The Hall–Kier alpha value is -0.820. The van der Waals surface area contributed by atoms with Gasteiger partial charge in [0.25, 0.3) is 0 Å². The Labute approximate surface area is 113 Å². The molecular weight excluding hydrogens is 313 g/mol. The van der Waals surface area contributed by atoms with E-state index in [2.05, 4.69) is 15.9 Å². The molecule has 0 unspecified atom stereocenters. The number of carbonyl (C=O) groups is 1. The van der Waals surface area contributed by atoms with E-state index >= 15 is 0 Å². The molecule has 0 aromatic heterocycles. The van der Waals surface area contributed by atoms with Crippen LogP contribution in [0.1, 0.15) is 28.4 Å². The van der Waals surface area contributed by atoms with Gasteiger partial charge in [0.1, 0.15) is 5.75 Å². The van der Waals surface area contributed by atoms with Crippen LogP contribution in [0.5, 0.6) is 5.75 Å². The molecule has 0 bridgehead atoms. The molecule has 0 saturated carbocycles. The number of aliphatic hydroxyl groups excluding tert-OH is 1. The van der Waals surface area contributed by atoms with E-state index in [0.717, 1.165) is 0 Å². The number of halogens is 2. The normalized spacial score (nSPS) is 11.7. The van der Waals surface area contributed by atoms with Gasteiger partial charge in [0.2, 0.25) is 0 Å². The predicted octanol–water partition coefficient (Wildman–Crippen LogP) is 1.66. The predicted molar refractivity (Wildman–Crippen MR) is 68.6 cm³/mol. The lowest BCUT2D eigenvalue weighted by atomic mass is 9.98. The minimum Gasteiger partial charge on any atom is -0.506 e. The van der Waals surface area contributed by atoms with E-state index < -0.39 is 12.0 Å². The number of rotatable bonds is 4. The standard InChI is InChI=1S/C10H12BrNO4.ClH/c11-6-2-1-5(10(15)16)8(9(6)14)7(12)3-4-13;/h1-2,7,13-14H,3-4,12H2,(H,15,16);1H/t7-;/m1./s1. The van der Waals surface area contributed by atoms with E-state index in [9.17, 15) is 9.90 Å². The van der Waals surface area contributed by atoms with E-state index in [1.54, 1.807) is 0 Å². The molecule has 0 aliphatic rings. The largest absolute Gasteiger partial charge is 0.506 e. The number of hydrogen-bond acceptors (Lipinski definition) is 4. The first-order chi connectivity index (χ1) is 7.49. The van der Waals surface area contributed by atoms with Crippen molar-refractivity contribution in [3.8, 4) is 5.75 Å². The maximum Gasteiger partial charge on any atom is 0.336 e. The molecule has 1 aromatic carbocycles. The molecule has 0 fully saturated rings. The molecular formula is C10H13BrClNO4. The second kappa shape index (κ2) is 6.80. The van der Waals surface area contributed by atoms with Crippen LogP contribution in [0.3, 0.4) is 0 Å². The van der Waals surface area contributed by atoms with Crippen molar-refractivity contribution in [2.45, 2.75) is 12.5 Å². The SMILES string of the molecule is Cl.N[C@H](CCO)c1c(C(=O)O)ccc(Br)c1O. The summed E-state index contributed by atoms with van der Waals surface area (Å²) in [6.45, 7) is -0.174. The first-order valence-corrected chi connectivity index (χ1v) is 5.39. The summed E-state index contributed by atoms with van der Waals surface area (Å²) in [5, 5.41) is 27.5. The van der Waals surface area contributed by atoms with Crippen molar-refractivity contribution in [1.82, 2.24) is 0 Å². The third-order valence-corrected chi connectivity index (χ3v) is 2.85. The molecule has 5 nitrogen and oxygen atoms in total. The number of carboxylic acids is 1. The number of aromatic carboxylic acids is 1. The quantitative estimate of drug-likeness (QED) is 0.673. The van der Waals surface area contributed by atoms with Crippen molar-refractivity contribution in [1.29, 1.82) is 0 Å². The average Bonchev–Trinajstić information content (AvgIpc) is 2.21. The summed E-state index contributed by atoms with van der Waals surface area (Å²) >= 11 is 3.09. The topological polar surface area (TPSA) is 104 Å². The Morgan fingerprint density at radius 1 is 1.47 bits per heavy atom. The maximum atomic E-state index is 10.9. The van der Waals surface area contributed by atoms with Crippen LogP contribution in [-0.2, 0) is 0 Å². The van der Waals surface area contributed by atoms with Gasteiger partial charge in [0.15, 0.2) is 0 Å². The third-order valence-electron chi connectivity index (χ3n) is 2.21. The number of hydrogen-bond donors (Lipinski definition) is 4. The number of aliphatic hydroxyl groups is 1. The fraction of sp³-hybridized carbons (Fsp3) is 0.300. The van der Waals surface area contributed by atoms with E-state index in [-0.39, 0.29) is 42.3 Å². The lowest BCUT2D eigenvalue weighted by Gasteiger charge is -2.16. The molecule has 0 amide bonds. The van der Waals surface area contributed by atoms with Gasteiger partial charge < -0.3 is 21.1 Å². The second-order valence-corrected chi connectivity index (χ2v) is 4.14. The van der Waals surface area contributed by atoms with Crippen LogP contribution >= 0.6 is 28.3 Å². The molecule has 1 atom stereocenters. The number of nitrogens with two attached hydrogens (primary N) is 1. The van der Waals surface area contributed by atoms with Gasteiger partial charge >= 0.3 is 5.97 Å². The zero-order valence-corrected chi connectivity index (χ0v) is 11.2. The van der Waals surface area contributed by atoms with Crippen molar-refractivity contribution in [3.05, 3.63) is 27.7 Å². The Kier molecular flexibility index (Phi) is 6.48. The minimum absolute atomic E-state index is 0. The molecule has 0 saturated heterocycles. The summed E-state index contributed by atoms with van der Waals surface area (Å²) in [5.74, 6) is -1.35. The summed E-state index contributed by atoms with van der Waals surface area (Å²) in [7, 11) is 0. The highest BCUT2D eigenvalue weighted by Gasteiger charge is 2.21. The summed E-state index contributed by atoms with van der Waals surface area (Å²) in [6, 6.07) is 2.08. The number of phenols is 1. The monoisotopic (exact) mass is 325 g/mol. The molecule has 1 rings (SSSR count). The molecule has 0 aliphatic carbocycles. The van der Waals surface area contributed by atoms with E-state index in [1.807, 2.05) is 0 Å². The van der Waals surface area contributed by atoms with Crippen LogP contribution in [0.25, 0.3) is 0 Å². The van der Waals surface area contributed by atoms with Crippen LogP contribution in [0.2, 0.25) is 0 Å². The van der Waals surface area contributed by atoms with Gasteiger partial charge in [-0.2, -0.15) is 0 Å². The number of phenolic OH excluding ortho intramolecular Hbond substituents is 1. The van der Waals surface area contributed by atoms with Gasteiger partial charge in [-0.15, -0.1) is 12.4 Å². The minimum atomic E-state index is -1.16. The zero-order valence-electron chi connectivity index (χ0n) is 8.76. The number of aromatic hydroxyl groups is 1. The first kappa shape index (κ1) is 16.2. The summed E-state index contributed by atoms with van der Waals surface area (Å²) < 4.78 is 0.376. The Balaban J connectivity index is 0.00000256. The second-order valence-electron chi connectivity index (χ2n) is 3.28. The molecule has 0 aliphatic heterocycles. The fourth-order valence-corrected chi connectivity index (χ4v) is 1.77. The fourth-order valence-electron chi connectivity index (χ4n) is 1.43. The molecule has 7 heteroatoms. The number of carboxylic acid groups (broad SMARTS) is 1. The summed E-state index contributed by atoms with van der Waals surface area (Å²) in [4.78, 5) is 10.9. The molecule has 5 N–H and O–H groups in total. The molecule has 0 heterocycles. The van der Waals surface area contributed by atoms with E-state index in [0.29, 0.717) is 4.47 Å². The highest BCUT2D eigenvalue weighted by atomic mass is 79.9. The molecule has 96 valence electrons. The Morgan fingerprint density at radius 2 is 2.06 bits per heavy atom. The lowest BCUT2D eigenvalue weighted by Crippen LogP contribution is -2.16. The van der Waals surface area contributed by atoms with E-state index in [1.165, 1.54) is 12.1 Å². The van der Waals surface area contributed by atoms with Crippen molar-refractivity contribution in [2.24, 2.45) is 5.73 Å². The molecule has 1 aromatic rings. The van der Waals surface area contributed by atoms with Gasteiger partial charge in [-0.1, -0.05) is 0 Å². The number of benzene rings is 1. The van der Waals surface area contributed by atoms with Crippen LogP contribution in [0.4, 0.5) is 0 Å². The molecule has 0 spiro atoms. The summed E-state index contributed by atoms with van der Waals surface area (Å²) in [6.07, 6.45) is 0.185. The Bertz CT molecular complexity index is 414. The zero-order chi connectivity index (χ0) is 12.3. The van der Waals surface area contributed by atoms with Crippen molar-refractivity contribution in [3.63, 3.8) is 0 Å². The van der Waals surface area contributed by atoms with Gasteiger partial charge in [-0.25, -0.2) is 4.79 Å². The molecule has 17 heavy (non-hydrogen) atoms. The van der Waals surface area contributed by atoms with Gasteiger partial charge in [-0.05, 0) is 34.5 Å². The summed E-state index contributed by atoms with van der Waals surface area (Å²) in [5.41, 5.74) is 5.79. The van der Waals surface area contributed by atoms with Crippen molar-refractivity contribution >= 4 is 34.3 Å². The van der Waals surface area contributed by atoms with Gasteiger partial charge in [0.05, 0.1) is 10.0 Å². The first-order valence-electron chi connectivity index (χ1n) is 4.60. The Morgan fingerprint density at radius 3 is 2.53 bits per heavy atom.